The topological polar surface area (TPSA) is 56.5 Å². The van der Waals surface area contributed by atoms with Crippen LogP contribution in [0.25, 0.3) is 0 Å². The Bertz CT molecular complexity index is 948. The molecule has 0 N–H and O–H groups in total. The van der Waals surface area contributed by atoms with E-state index in [-0.39, 0.29) is 11.8 Å². The molecule has 0 atom stereocenters. The maximum atomic E-state index is 12.4. The Morgan fingerprint density at radius 3 is 2.39 bits per heavy atom. The van der Waals surface area contributed by atoms with Gasteiger partial charge in [0, 0.05) is 18.9 Å². The van der Waals surface area contributed by atoms with Crippen molar-refractivity contribution in [2.24, 2.45) is 0 Å². The third-order valence-electron chi connectivity index (χ3n) is 4.45. The number of carbonyl (C=O) groups is 2. The smallest absolute Gasteiger partial charge is 0.338 e. The van der Waals surface area contributed by atoms with Crippen molar-refractivity contribution in [2.75, 3.05) is 13.7 Å². The molecule has 0 saturated carbocycles. The van der Waals surface area contributed by atoms with Gasteiger partial charge in [-0.25, -0.2) is 4.79 Å². The van der Waals surface area contributed by atoms with E-state index in [2.05, 4.69) is 0 Å². The van der Waals surface area contributed by atoms with Gasteiger partial charge in [0.15, 0.2) is 5.69 Å². The molecule has 144 valence electrons. The van der Waals surface area contributed by atoms with Gasteiger partial charge in [0.25, 0.3) is 0 Å². The van der Waals surface area contributed by atoms with Crippen LogP contribution in [-0.4, -0.2) is 25.5 Å². The molecule has 0 bridgehead atoms. The summed E-state index contributed by atoms with van der Waals surface area (Å²) in [5.74, 6) is 0.411. The highest BCUT2D eigenvalue weighted by atomic mass is 32.1. The van der Waals surface area contributed by atoms with E-state index >= 15 is 0 Å². The highest BCUT2D eigenvalue weighted by Gasteiger charge is 2.19. The molecule has 0 saturated heterocycles. The number of ketones is 1. The summed E-state index contributed by atoms with van der Waals surface area (Å²) in [4.78, 5) is 25.6. The number of ether oxygens (including phenoxy) is 2. The van der Waals surface area contributed by atoms with Crippen LogP contribution in [0.4, 0.5) is 0 Å². The van der Waals surface area contributed by atoms with Crippen molar-refractivity contribution in [1.29, 1.82) is 0 Å². The first-order chi connectivity index (χ1) is 13.6. The van der Waals surface area contributed by atoms with Crippen molar-refractivity contribution >= 4 is 23.1 Å². The lowest BCUT2D eigenvalue weighted by Gasteiger charge is -2.05. The first-order valence-electron chi connectivity index (χ1n) is 8.94. The minimum atomic E-state index is -0.357. The second-order valence-corrected chi connectivity index (χ2v) is 7.20. The van der Waals surface area contributed by atoms with Crippen molar-refractivity contribution in [1.82, 2.24) is 0 Å². The highest BCUT2D eigenvalue weighted by molar-refractivity contribution is 7.09. The molecule has 0 spiro atoms. The summed E-state index contributed by atoms with van der Waals surface area (Å²) in [7, 11) is 1.58. The van der Waals surface area contributed by atoms with Gasteiger partial charge in [-0.2, -0.15) is 4.57 Å². The number of esters is 1. The van der Waals surface area contributed by atoms with Crippen molar-refractivity contribution in [3.63, 3.8) is 0 Å². The molecule has 0 aliphatic heterocycles. The van der Waals surface area contributed by atoms with Crippen molar-refractivity contribution < 1.29 is 23.6 Å². The average Bonchev–Trinajstić information content (AvgIpc) is 3.08. The molecule has 0 radical (unpaired) electrons. The maximum Gasteiger partial charge on any atom is 0.338 e. The lowest BCUT2D eigenvalue weighted by molar-refractivity contribution is -0.684. The molecular formula is C22H22NO4S+. The lowest BCUT2D eigenvalue weighted by Crippen LogP contribution is -2.38. The Morgan fingerprint density at radius 2 is 1.71 bits per heavy atom. The molecule has 6 heteroatoms. The molecule has 5 nitrogen and oxygen atoms in total. The van der Waals surface area contributed by atoms with Crippen LogP contribution in [0.1, 0.15) is 31.3 Å². The second kappa shape index (κ2) is 9.28. The van der Waals surface area contributed by atoms with E-state index in [0.717, 1.165) is 10.6 Å². The van der Waals surface area contributed by atoms with Crippen LogP contribution in [0.15, 0.2) is 60.1 Å². The summed E-state index contributed by atoms with van der Waals surface area (Å²) in [6, 6.07) is 16.1. The number of thiazole rings is 1. The van der Waals surface area contributed by atoms with Crippen LogP contribution in [-0.2, 0) is 17.7 Å². The largest absolute Gasteiger partial charge is 0.497 e. The number of nitrogens with zero attached hydrogens (tertiary/aromatic N) is 1. The zero-order chi connectivity index (χ0) is 19.9. The molecule has 1 heterocycles. The van der Waals surface area contributed by atoms with Gasteiger partial charge < -0.3 is 9.47 Å². The molecule has 2 aromatic carbocycles. The zero-order valence-corrected chi connectivity index (χ0v) is 16.7. The molecular weight excluding hydrogens is 374 g/mol. The number of carbonyl (C=O) groups excluding carboxylic acids is 2. The van der Waals surface area contributed by atoms with Gasteiger partial charge >= 0.3 is 5.97 Å². The SMILES string of the molecule is COc1ccc(C(=O)OCCc2sc[n+](CC(=O)c3ccccc3)c2C)cc1. The van der Waals surface area contributed by atoms with E-state index in [1.54, 1.807) is 42.7 Å². The molecule has 0 amide bonds. The van der Waals surface area contributed by atoms with Gasteiger partial charge in [-0.1, -0.05) is 41.7 Å². The molecule has 0 aliphatic rings. The number of hydrogen-bond acceptors (Lipinski definition) is 5. The first kappa shape index (κ1) is 19.8. The van der Waals surface area contributed by atoms with Crippen molar-refractivity contribution in [2.45, 2.75) is 19.9 Å². The van der Waals surface area contributed by atoms with Crippen molar-refractivity contribution in [3.05, 3.63) is 81.8 Å². The third-order valence-corrected chi connectivity index (χ3v) is 5.60. The van der Waals surface area contributed by atoms with Crippen LogP contribution in [0.3, 0.4) is 0 Å². The summed E-state index contributed by atoms with van der Waals surface area (Å²) >= 11 is 1.57. The van der Waals surface area contributed by atoms with Crippen LogP contribution in [0.2, 0.25) is 0 Å². The Kier molecular flexibility index (Phi) is 6.55. The van der Waals surface area contributed by atoms with Crippen LogP contribution in [0, 0.1) is 6.92 Å². The van der Waals surface area contributed by atoms with E-state index in [9.17, 15) is 9.59 Å². The average molecular weight is 396 g/mol. The number of Topliss-reactive ketones (excluding diaryl/α,β-unsaturated/α-hetero) is 1. The fourth-order valence-electron chi connectivity index (χ4n) is 2.76. The summed E-state index contributed by atoms with van der Waals surface area (Å²) in [6.45, 7) is 2.58. The standard InChI is InChI=1S/C22H22NO4S/c1-16-21(12-13-27-22(25)18-8-10-19(26-2)11-9-18)28-15-23(16)14-20(24)17-6-4-3-5-7-17/h3-11,15H,12-14H2,1-2H3/q+1. The summed E-state index contributed by atoms with van der Waals surface area (Å²) < 4.78 is 12.4. The molecule has 1 aromatic heterocycles. The minimum absolute atomic E-state index is 0.0731. The van der Waals surface area contributed by atoms with Gasteiger partial charge in [0.05, 0.1) is 24.2 Å². The number of hydrogen-bond donors (Lipinski definition) is 0. The normalized spacial score (nSPS) is 10.5. The number of benzene rings is 2. The van der Waals surface area contributed by atoms with Gasteiger partial charge in [-0.3, -0.25) is 4.79 Å². The van der Waals surface area contributed by atoms with E-state index in [0.29, 0.717) is 36.4 Å². The third kappa shape index (κ3) is 4.84. The molecule has 0 unspecified atom stereocenters. The zero-order valence-electron chi connectivity index (χ0n) is 15.9. The maximum absolute atomic E-state index is 12.4. The Hall–Kier alpha value is -2.99. The molecule has 0 aliphatic carbocycles. The fourth-order valence-corrected chi connectivity index (χ4v) is 3.74. The van der Waals surface area contributed by atoms with E-state index in [1.807, 2.05) is 47.3 Å². The monoisotopic (exact) mass is 396 g/mol. The van der Waals surface area contributed by atoms with Gasteiger partial charge in [0.1, 0.15) is 5.75 Å². The molecule has 3 aromatic rings. The van der Waals surface area contributed by atoms with Gasteiger partial charge in [-0.15, -0.1) is 0 Å². The number of aromatic nitrogens is 1. The van der Waals surface area contributed by atoms with Crippen LogP contribution >= 0.6 is 11.3 Å². The summed E-state index contributed by atoms with van der Waals surface area (Å²) in [6.07, 6.45) is 0.616. The Balaban J connectivity index is 1.54. The van der Waals surface area contributed by atoms with E-state index in [1.165, 1.54) is 0 Å². The van der Waals surface area contributed by atoms with E-state index < -0.39 is 0 Å². The fraction of sp³-hybridized carbons (Fsp3) is 0.227. The predicted molar refractivity (Wildman–Crippen MR) is 107 cm³/mol. The molecule has 0 fully saturated rings. The molecule has 3 rings (SSSR count). The first-order valence-corrected chi connectivity index (χ1v) is 9.82. The predicted octanol–water partition coefficient (Wildman–Crippen LogP) is 3.64. The summed E-state index contributed by atoms with van der Waals surface area (Å²) in [5.41, 5.74) is 4.16. The van der Waals surface area contributed by atoms with E-state index in [4.69, 9.17) is 9.47 Å². The lowest BCUT2D eigenvalue weighted by atomic mass is 10.1. The number of rotatable bonds is 8. The van der Waals surface area contributed by atoms with Gasteiger partial charge in [0.2, 0.25) is 17.8 Å². The minimum Gasteiger partial charge on any atom is -0.497 e. The van der Waals surface area contributed by atoms with Gasteiger partial charge in [-0.05, 0) is 24.3 Å². The molecule has 28 heavy (non-hydrogen) atoms. The quantitative estimate of drug-likeness (QED) is 0.331. The van der Waals surface area contributed by atoms with Crippen LogP contribution < -0.4 is 9.30 Å². The Labute approximate surface area is 168 Å². The van der Waals surface area contributed by atoms with Crippen molar-refractivity contribution in [3.8, 4) is 5.75 Å². The highest BCUT2D eigenvalue weighted by Crippen LogP contribution is 2.14. The summed E-state index contributed by atoms with van der Waals surface area (Å²) in [5, 5.41) is 0. The second-order valence-electron chi connectivity index (χ2n) is 6.26. The Morgan fingerprint density at radius 1 is 1.00 bits per heavy atom. The van der Waals surface area contributed by atoms with Crippen LogP contribution in [0.5, 0.6) is 5.75 Å². The number of methoxy groups -OCH3 is 1.